The smallest absolute Gasteiger partial charge is 0.0547 e. The van der Waals surface area contributed by atoms with E-state index < -0.39 is 0 Å². The van der Waals surface area contributed by atoms with Crippen molar-refractivity contribution in [1.29, 1.82) is 0 Å². The van der Waals surface area contributed by atoms with Crippen LogP contribution in [-0.4, -0.2) is 9.13 Å². The molecule has 9 aromatic carbocycles. The highest BCUT2D eigenvalue weighted by Crippen LogP contribution is 2.44. The summed E-state index contributed by atoms with van der Waals surface area (Å²) in [4.78, 5) is 0. The molecule has 0 saturated heterocycles. The van der Waals surface area contributed by atoms with Crippen LogP contribution in [0.3, 0.4) is 0 Å². The van der Waals surface area contributed by atoms with Gasteiger partial charge in [0.1, 0.15) is 0 Å². The van der Waals surface area contributed by atoms with E-state index >= 15 is 0 Å². The molecule has 50 heavy (non-hydrogen) atoms. The van der Waals surface area contributed by atoms with Crippen LogP contribution < -0.4 is 0 Å². The second kappa shape index (κ2) is 10.4. The number of fused-ring (bicyclic) bond motifs is 11. The SMILES string of the molecule is c1ccc(-n2c3ccccc3c3cc(-c4cc5cc6c7ccccc7n(-c7ccccc7)c6cc5c5c4ccc4ccccc45)ccc32)cc1. The Hall–Kier alpha value is -6.64. The Morgan fingerprint density at radius 2 is 0.840 bits per heavy atom. The molecule has 0 radical (unpaired) electrons. The first kappa shape index (κ1) is 27.3. The lowest BCUT2D eigenvalue weighted by Gasteiger charge is -2.15. The van der Waals surface area contributed by atoms with Gasteiger partial charge in [0.25, 0.3) is 0 Å². The third-order valence-corrected chi connectivity index (χ3v) is 10.6. The van der Waals surface area contributed by atoms with Gasteiger partial charge >= 0.3 is 0 Å². The standard InChI is InChI=1S/C48H30N2/c1-3-14-34(15-4-1)49-44-21-11-9-19-37(44)42-27-32(24-26-46(42)49)40-28-33-29-43-38-20-10-12-22-45(38)50(35-16-5-2-6-17-35)47(43)30-41(33)48-36-18-8-7-13-31(36)23-25-39(40)48/h1-30H. The van der Waals surface area contributed by atoms with Crippen molar-refractivity contribution >= 4 is 75.9 Å². The maximum Gasteiger partial charge on any atom is 0.0547 e. The molecule has 0 aliphatic heterocycles. The summed E-state index contributed by atoms with van der Waals surface area (Å²) in [6.45, 7) is 0. The molecule has 232 valence electrons. The predicted octanol–water partition coefficient (Wildman–Crippen LogP) is 13.0. The van der Waals surface area contributed by atoms with Crippen LogP contribution in [0.4, 0.5) is 0 Å². The molecule has 2 aromatic heterocycles. The van der Waals surface area contributed by atoms with Crippen LogP contribution in [0.2, 0.25) is 0 Å². The third-order valence-electron chi connectivity index (χ3n) is 10.6. The lowest BCUT2D eigenvalue weighted by molar-refractivity contribution is 1.18. The van der Waals surface area contributed by atoms with Crippen molar-refractivity contribution in [2.45, 2.75) is 0 Å². The average Bonchev–Trinajstić information content (AvgIpc) is 3.69. The van der Waals surface area contributed by atoms with Gasteiger partial charge in [-0.3, -0.25) is 0 Å². The minimum Gasteiger partial charge on any atom is -0.309 e. The van der Waals surface area contributed by atoms with Crippen molar-refractivity contribution in [2.24, 2.45) is 0 Å². The predicted molar refractivity (Wildman–Crippen MR) is 213 cm³/mol. The van der Waals surface area contributed by atoms with Crippen LogP contribution in [0.15, 0.2) is 182 Å². The van der Waals surface area contributed by atoms with Gasteiger partial charge in [0.05, 0.1) is 22.1 Å². The van der Waals surface area contributed by atoms with Crippen LogP contribution in [-0.2, 0) is 0 Å². The Balaban J connectivity index is 1.26. The molecule has 0 bridgehead atoms. The molecule has 0 aliphatic carbocycles. The van der Waals surface area contributed by atoms with Gasteiger partial charge in [-0.05, 0) is 110 Å². The van der Waals surface area contributed by atoms with Gasteiger partial charge < -0.3 is 9.13 Å². The Morgan fingerprint density at radius 3 is 1.54 bits per heavy atom. The van der Waals surface area contributed by atoms with Crippen molar-refractivity contribution < 1.29 is 0 Å². The van der Waals surface area contributed by atoms with E-state index in [2.05, 4.69) is 191 Å². The van der Waals surface area contributed by atoms with Gasteiger partial charge in [0, 0.05) is 32.9 Å². The van der Waals surface area contributed by atoms with E-state index in [1.165, 1.54) is 98.4 Å². The Bertz CT molecular complexity index is 3130. The zero-order valence-electron chi connectivity index (χ0n) is 27.2. The average molecular weight is 635 g/mol. The van der Waals surface area contributed by atoms with E-state index in [4.69, 9.17) is 0 Å². The Labute approximate surface area is 288 Å². The molecule has 0 atom stereocenters. The minimum atomic E-state index is 1.17. The molecule has 0 unspecified atom stereocenters. The molecule has 2 heterocycles. The molecule has 0 N–H and O–H groups in total. The fourth-order valence-electron chi connectivity index (χ4n) is 8.48. The molecule has 11 rings (SSSR count). The normalized spacial score (nSPS) is 12.0. The molecule has 0 fully saturated rings. The lowest BCUT2D eigenvalue weighted by Crippen LogP contribution is -1.94. The maximum atomic E-state index is 2.44. The van der Waals surface area contributed by atoms with Crippen molar-refractivity contribution in [1.82, 2.24) is 9.13 Å². The number of nitrogens with zero attached hydrogens (tertiary/aromatic N) is 2. The van der Waals surface area contributed by atoms with Gasteiger partial charge in [0.2, 0.25) is 0 Å². The largest absolute Gasteiger partial charge is 0.309 e. The van der Waals surface area contributed by atoms with E-state index in [9.17, 15) is 0 Å². The number of aromatic nitrogens is 2. The molecule has 11 aromatic rings. The van der Waals surface area contributed by atoms with Gasteiger partial charge in [-0.2, -0.15) is 0 Å². The Kier molecular flexibility index (Phi) is 5.70. The summed E-state index contributed by atoms with van der Waals surface area (Å²) in [5, 5.41) is 12.7. The summed E-state index contributed by atoms with van der Waals surface area (Å²) in [5.74, 6) is 0. The zero-order chi connectivity index (χ0) is 32.8. The lowest BCUT2D eigenvalue weighted by atomic mass is 9.89. The number of rotatable bonds is 3. The molecule has 0 aliphatic rings. The highest BCUT2D eigenvalue weighted by molar-refractivity contribution is 6.27. The first-order valence-corrected chi connectivity index (χ1v) is 17.3. The highest BCUT2D eigenvalue weighted by Gasteiger charge is 2.19. The summed E-state index contributed by atoms with van der Waals surface area (Å²) >= 11 is 0. The molecular formula is C48H30N2. The van der Waals surface area contributed by atoms with Crippen LogP contribution in [0.25, 0.3) is 98.4 Å². The first-order valence-electron chi connectivity index (χ1n) is 17.3. The van der Waals surface area contributed by atoms with E-state index in [1.54, 1.807) is 0 Å². The monoisotopic (exact) mass is 634 g/mol. The van der Waals surface area contributed by atoms with Gasteiger partial charge in [0.15, 0.2) is 0 Å². The van der Waals surface area contributed by atoms with Crippen LogP contribution in [0.5, 0.6) is 0 Å². The van der Waals surface area contributed by atoms with Crippen molar-refractivity contribution in [3.8, 4) is 22.5 Å². The van der Waals surface area contributed by atoms with E-state index in [0.29, 0.717) is 0 Å². The summed E-state index contributed by atoms with van der Waals surface area (Å²) in [7, 11) is 0. The van der Waals surface area contributed by atoms with Crippen molar-refractivity contribution in [2.75, 3.05) is 0 Å². The second-order valence-electron chi connectivity index (χ2n) is 13.3. The molecular weight excluding hydrogens is 605 g/mol. The van der Waals surface area contributed by atoms with Gasteiger partial charge in [-0.25, -0.2) is 0 Å². The second-order valence-corrected chi connectivity index (χ2v) is 13.3. The maximum absolute atomic E-state index is 2.44. The van der Waals surface area contributed by atoms with Crippen LogP contribution >= 0.6 is 0 Å². The number of para-hydroxylation sites is 4. The van der Waals surface area contributed by atoms with Crippen LogP contribution in [0.1, 0.15) is 0 Å². The molecule has 0 spiro atoms. The van der Waals surface area contributed by atoms with Crippen molar-refractivity contribution in [3.05, 3.63) is 182 Å². The fraction of sp³-hybridized carbons (Fsp3) is 0. The zero-order valence-corrected chi connectivity index (χ0v) is 27.2. The summed E-state index contributed by atoms with van der Waals surface area (Å²) in [6, 6.07) is 66.8. The summed E-state index contributed by atoms with van der Waals surface area (Å²) in [6.07, 6.45) is 0. The van der Waals surface area contributed by atoms with Gasteiger partial charge in [-0.1, -0.05) is 115 Å². The summed E-state index contributed by atoms with van der Waals surface area (Å²) in [5.41, 5.74) is 9.70. The quantitative estimate of drug-likeness (QED) is 0.171. The topological polar surface area (TPSA) is 9.86 Å². The molecule has 0 saturated carbocycles. The molecule has 0 amide bonds. The van der Waals surface area contributed by atoms with E-state index in [0.717, 1.165) is 0 Å². The van der Waals surface area contributed by atoms with Gasteiger partial charge in [-0.15, -0.1) is 0 Å². The highest BCUT2D eigenvalue weighted by atomic mass is 15.0. The number of hydrogen-bond acceptors (Lipinski definition) is 0. The first-order chi connectivity index (χ1) is 24.8. The van der Waals surface area contributed by atoms with E-state index in [1.807, 2.05) is 0 Å². The van der Waals surface area contributed by atoms with E-state index in [-0.39, 0.29) is 0 Å². The fourth-order valence-corrected chi connectivity index (χ4v) is 8.48. The van der Waals surface area contributed by atoms with Crippen LogP contribution in [0, 0.1) is 0 Å². The third kappa shape index (κ3) is 3.85. The Morgan fingerprint density at radius 1 is 0.280 bits per heavy atom. The number of hydrogen-bond donors (Lipinski definition) is 0. The summed E-state index contributed by atoms with van der Waals surface area (Å²) < 4.78 is 4.81. The molecule has 2 heteroatoms. The molecule has 2 nitrogen and oxygen atoms in total. The number of benzene rings is 9. The minimum absolute atomic E-state index is 1.17. The van der Waals surface area contributed by atoms with Crippen molar-refractivity contribution in [3.63, 3.8) is 0 Å².